The fourth-order valence-electron chi connectivity index (χ4n) is 1.90. The SMILES string of the molecule is Nc1ccc(Cl)cc1SCc1cc(-c2ccccc2)on1. The predicted molar refractivity (Wildman–Crippen MR) is 87.4 cm³/mol. The summed E-state index contributed by atoms with van der Waals surface area (Å²) >= 11 is 7.57. The van der Waals surface area contributed by atoms with Gasteiger partial charge >= 0.3 is 0 Å². The zero-order valence-electron chi connectivity index (χ0n) is 11.1. The lowest BCUT2D eigenvalue weighted by Crippen LogP contribution is -1.88. The molecule has 1 aromatic heterocycles. The lowest BCUT2D eigenvalue weighted by Gasteiger charge is -2.03. The van der Waals surface area contributed by atoms with E-state index >= 15 is 0 Å². The third-order valence-corrected chi connectivity index (χ3v) is 4.31. The summed E-state index contributed by atoms with van der Waals surface area (Å²) in [5, 5.41) is 4.77. The van der Waals surface area contributed by atoms with Gasteiger partial charge in [-0.05, 0) is 18.2 Å². The molecule has 0 aliphatic carbocycles. The van der Waals surface area contributed by atoms with Gasteiger partial charge in [-0.15, -0.1) is 11.8 Å². The van der Waals surface area contributed by atoms with Crippen LogP contribution < -0.4 is 5.73 Å². The van der Waals surface area contributed by atoms with E-state index in [1.54, 1.807) is 17.8 Å². The standard InChI is InChI=1S/C16H13ClN2OS/c17-12-6-7-14(18)16(8-12)21-10-13-9-15(20-19-13)11-4-2-1-3-5-11/h1-9H,10,18H2. The molecule has 0 atom stereocenters. The molecule has 1 heterocycles. The van der Waals surface area contributed by atoms with Crippen LogP contribution in [0.15, 0.2) is 64.0 Å². The molecule has 0 spiro atoms. The molecule has 0 radical (unpaired) electrons. The van der Waals surface area contributed by atoms with Crippen molar-refractivity contribution in [3.05, 3.63) is 65.3 Å². The molecular weight excluding hydrogens is 304 g/mol. The van der Waals surface area contributed by atoms with E-state index in [0.29, 0.717) is 10.8 Å². The van der Waals surface area contributed by atoms with Gasteiger partial charge in [0.05, 0.1) is 5.69 Å². The van der Waals surface area contributed by atoms with Gasteiger partial charge in [0.15, 0.2) is 5.76 Å². The summed E-state index contributed by atoms with van der Waals surface area (Å²) in [5.74, 6) is 1.45. The Balaban J connectivity index is 1.72. The van der Waals surface area contributed by atoms with Crippen molar-refractivity contribution in [2.75, 3.05) is 5.73 Å². The molecule has 3 nitrogen and oxygen atoms in total. The summed E-state index contributed by atoms with van der Waals surface area (Å²) < 4.78 is 5.37. The maximum atomic E-state index is 5.98. The maximum absolute atomic E-state index is 5.98. The maximum Gasteiger partial charge on any atom is 0.167 e. The second-order valence-electron chi connectivity index (χ2n) is 4.52. The molecule has 21 heavy (non-hydrogen) atoms. The van der Waals surface area contributed by atoms with Crippen molar-refractivity contribution in [1.82, 2.24) is 5.16 Å². The van der Waals surface area contributed by atoms with Crippen LogP contribution in [-0.2, 0) is 5.75 Å². The molecule has 0 unspecified atom stereocenters. The molecule has 3 rings (SSSR count). The Morgan fingerprint density at radius 2 is 1.90 bits per heavy atom. The number of nitrogens with zero attached hydrogens (tertiary/aromatic N) is 1. The van der Waals surface area contributed by atoms with Crippen LogP contribution in [0.5, 0.6) is 0 Å². The molecule has 3 aromatic rings. The van der Waals surface area contributed by atoms with Crippen LogP contribution in [0.3, 0.4) is 0 Å². The van der Waals surface area contributed by atoms with Crippen molar-refractivity contribution in [3.8, 4) is 11.3 Å². The van der Waals surface area contributed by atoms with Gasteiger partial charge in [0.2, 0.25) is 0 Å². The molecule has 0 saturated heterocycles. The monoisotopic (exact) mass is 316 g/mol. The topological polar surface area (TPSA) is 52.0 Å². The van der Waals surface area contributed by atoms with E-state index in [1.165, 1.54) is 0 Å². The molecule has 0 bridgehead atoms. The van der Waals surface area contributed by atoms with Gasteiger partial charge in [-0.25, -0.2) is 0 Å². The Hall–Kier alpha value is -1.91. The molecule has 2 aromatic carbocycles. The van der Waals surface area contributed by atoms with E-state index in [2.05, 4.69) is 5.16 Å². The molecule has 0 aliphatic heterocycles. The van der Waals surface area contributed by atoms with E-state index < -0.39 is 0 Å². The van der Waals surface area contributed by atoms with E-state index in [-0.39, 0.29) is 0 Å². The average Bonchev–Trinajstić information content (AvgIpc) is 2.98. The number of rotatable bonds is 4. The second kappa shape index (κ2) is 6.24. The first-order chi connectivity index (χ1) is 10.2. The average molecular weight is 317 g/mol. The highest BCUT2D eigenvalue weighted by atomic mass is 35.5. The number of nitrogens with two attached hydrogens (primary N) is 1. The minimum atomic E-state index is 0.678. The van der Waals surface area contributed by atoms with Crippen molar-refractivity contribution in [3.63, 3.8) is 0 Å². The number of aromatic nitrogens is 1. The third kappa shape index (κ3) is 3.40. The summed E-state index contributed by atoms with van der Waals surface area (Å²) in [4.78, 5) is 0.951. The fraction of sp³-hybridized carbons (Fsp3) is 0.0625. The van der Waals surface area contributed by atoms with Crippen LogP contribution in [0, 0.1) is 0 Å². The van der Waals surface area contributed by atoms with Gasteiger partial charge in [0.1, 0.15) is 0 Å². The van der Waals surface area contributed by atoms with Crippen LogP contribution in [0.25, 0.3) is 11.3 Å². The summed E-state index contributed by atoms with van der Waals surface area (Å²) in [6.45, 7) is 0. The van der Waals surface area contributed by atoms with Crippen LogP contribution >= 0.6 is 23.4 Å². The quantitative estimate of drug-likeness (QED) is 0.551. The Labute approximate surface area is 132 Å². The van der Waals surface area contributed by atoms with E-state index in [0.717, 1.165) is 27.6 Å². The summed E-state index contributed by atoms with van der Waals surface area (Å²) in [5.41, 5.74) is 8.54. The highest BCUT2D eigenvalue weighted by Gasteiger charge is 2.08. The molecule has 0 amide bonds. The molecule has 5 heteroatoms. The molecule has 2 N–H and O–H groups in total. The highest BCUT2D eigenvalue weighted by Crippen LogP contribution is 2.31. The number of thioether (sulfide) groups is 1. The Bertz CT molecular complexity index is 743. The van der Waals surface area contributed by atoms with Gasteiger partial charge < -0.3 is 10.3 Å². The zero-order chi connectivity index (χ0) is 14.7. The molecule has 0 saturated carbocycles. The zero-order valence-corrected chi connectivity index (χ0v) is 12.7. The lowest BCUT2D eigenvalue weighted by atomic mass is 10.2. The largest absolute Gasteiger partial charge is 0.398 e. The summed E-state index contributed by atoms with van der Waals surface area (Å²) in [6.07, 6.45) is 0. The second-order valence-corrected chi connectivity index (χ2v) is 5.97. The van der Waals surface area contributed by atoms with Crippen LogP contribution in [0.2, 0.25) is 5.02 Å². The minimum absolute atomic E-state index is 0.678. The fourth-order valence-corrected chi connectivity index (χ4v) is 3.02. The summed E-state index contributed by atoms with van der Waals surface area (Å²) in [6, 6.07) is 17.3. The Morgan fingerprint density at radius 1 is 1.10 bits per heavy atom. The smallest absolute Gasteiger partial charge is 0.167 e. The molecule has 0 fully saturated rings. The van der Waals surface area contributed by atoms with E-state index in [9.17, 15) is 0 Å². The third-order valence-electron chi connectivity index (χ3n) is 2.97. The van der Waals surface area contributed by atoms with Crippen molar-refractivity contribution in [2.24, 2.45) is 0 Å². The molecule has 106 valence electrons. The molecule has 0 aliphatic rings. The van der Waals surface area contributed by atoms with Crippen LogP contribution in [-0.4, -0.2) is 5.16 Å². The van der Waals surface area contributed by atoms with Gasteiger partial charge in [-0.2, -0.15) is 0 Å². The number of hydrogen-bond donors (Lipinski definition) is 1. The first-order valence-corrected chi connectivity index (χ1v) is 7.77. The minimum Gasteiger partial charge on any atom is -0.398 e. The number of hydrogen-bond acceptors (Lipinski definition) is 4. The van der Waals surface area contributed by atoms with Gasteiger partial charge in [-0.1, -0.05) is 47.1 Å². The predicted octanol–water partition coefficient (Wildman–Crippen LogP) is 4.87. The lowest BCUT2D eigenvalue weighted by molar-refractivity contribution is 0.426. The number of benzene rings is 2. The Kier molecular flexibility index (Phi) is 4.18. The number of halogens is 1. The molecular formula is C16H13ClN2OS. The van der Waals surface area contributed by atoms with Gasteiger partial charge in [0.25, 0.3) is 0 Å². The van der Waals surface area contributed by atoms with Gasteiger partial charge in [0, 0.05) is 33.0 Å². The first-order valence-electron chi connectivity index (χ1n) is 6.41. The van der Waals surface area contributed by atoms with Crippen molar-refractivity contribution >= 4 is 29.1 Å². The van der Waals surface area contributed by atoms with E-state index in [4.69, 9.17) is 21.9 Å². The van der Waals surface area contributed by atoms with Gasteiger partial charge in [-0.3, -0.25) is 0 Å². The highest BCUT2D eigenvalue weighted by molar-refractivity contribution is 7.98. The van der Waals surface area contributed by atoms with Crippen LogP contribution in [0.4, 0.5) is 5.69 Å². The van der Waals surface area contributed by atoms with Crippen molar-refractivity contribution in [1.29, 1.82) is 0 Å². The number of anilines is 1. The Morgan fingerprint density at radius 3 is 2.71 bits per heavy atom. The van der Waals surface area contributed by atoms with Crippen LogP contribution in [0.1, 0.15) is 5.69 Å². The van der Waals surface area contributed by atoms with Crippen molar-refractivity contribution in [2.45, 2.75) is 10.6 Å². The van der Waals surface area contributed by atoms with E-state index in [1.807, 2.05) is 48.5 Å². The normalized spacial score (nSPS) is 10.7. The number of nitrogen functional groups attached to an aromatic ring is 1. The van der Waals surface area contributed by atoms with Crippen molar-refractivity contribution < 1.29 is 4.52 Å². The summed E-state index contributed by atoms with van der Waals surface area (Å²) in [7, 11) is 0. The first kappa shape index (κ1) is 14.0.